The normalized spacial score (nSPS) is 21.5. The molecule has 1 N–H and O–H groups in total. The fourth-order valence-corrected chi connectivity index (χ4v) is 9.78. The molecule has 1 heterocycles. The SMILES string of the molecule is CCC/C=C(C)/C(CCCO)=C(\c1ccc(N2CCN(C(C)C)CC2)cc1C)C1C=CC(N(S(C)(=O)=O)S(C)(=O)=O)CC1. The first kappa shape index (κ1) is 35.5. The zero-order valence-electron chi connectivity index (χ0n) is 27.2. The fourth-order valence-electron chi connectivity index (χ4n) is 6.47. The van der Waals surface area contributed by atoms with E-state index in [1.54, 1.807) is 6.08 Å². The molecule has 242 valence electrons. The molecular formula is C33H53N3O5S2. The van der Waals surface area contributed by atoms with E-state index in [9.17, 15) is 21.9 Å². The van der Waals surface area contributed by atoms with Gasteiger partial charge in [0, 0.05) is 50.4 Å². The Labute approximate surface area is 261 Å². The maximum Gasteiger partial charge on any atom is 0.224 e. The third-order valence-corrected chi connectivity index (χ3v) is 12.1. The molecule has 1 aliphatic heterocycles. The number of rotatable bonds is 13. The van der Waals surface area contributed by atoms with E-state index < -0.39 is 26.1 Å². The van der Waals surface area contributed by atoms with Crippen molar-refractivity contribution in [3.8, 4) is 0 Å². The third-order valence-electron chi connectivity index (χ3n) is 8.67. The van der Waals surface area contributed by atoms with Crippen molar-refractivity contribution in [2.75, 3.05) is 50.2 Å². The molecule has 8 nitrogen and oxygen atoms in total. The van der Waals surface area contributed by atoms with E-state index in [4.69, 9.17) is 0 Å². The van der Waals surface area contributed by atoms with Crippen LogP contribution in [-0.4, -0.2) is 87.9 Å². The van der Waals surface area contributed by atoms with Gasteiger partial charge < -0.3 is 10.0 Å². The molecule has 2 aliphatic rings. The number of allylic oxidation sites excluding steroid dienone is 5. The maximum absolute atomic E-state index is 12.5. The lowest BCUT2D eigenvalue weighted by atomic mass is 9.78. The Bertz CT molecular complexity index is 1370. The number of hydrogen-bond acceptors (Lipinski definition) is 7. The summed E-state index contributed by atoms with van der Waals surface area (Å²) in [5, 5.41) is 9.79. The number of aliphatic hydroxyl groups excluding tert-OH is 1. The summed E-state index contributed by atoms with van der Waals surface area (Å²) in [5.74, 6) is -0.0185. The molecule has 1 aromatic rings. The van der Waals surface area contributed by atoms with Gasteiger partial charge in [-0.15, -0.1) is 0 Å². The maximum atomic E-state index is 12.5. The van der Waals surface area contributed by atoms with Crippen molar-refractivity contribution in [1.82, 2.24) is 8.61 Å². The van der Waals surface area contributed by atoms with E-state index in [0.717, 1.165) is 63.5 Å². The van der Waals surface area contributed by atoms with Gasteiger partial charge in [0.15, 0.2) is 0 Å². The zero-order valence-corrected chi connectivity index (χ0v) is 28.8. The number of anilines is 1. The molecule has 0 aromatic heterocycles. The standard InChI is InChI=1S/C33H53N3O5S2/c1-8-9-11-26(4)31(12-10-23-37)33(28-13-15-29(16-14-28)36(42(6,38)39)43(7,40)41)32-18-17-30(24-27(32)5)35-21-19-34(20-22-35)25(2)3/h11,13,15,17-18,24-25,28-29,37H,8-10,12,14,16,19-23H2,1-7H3/b26-11+,33-31-. The van der Waals surface area contributed by atoms with Gasteiger partial charge in [-0.1, -0.05) is 46.9 Å². The van der Waals surface area contributed by atoms with Crippen molar-refractivity contribution < 1.29 is 21.9 Å². The third kappa shape index (κ3) is 9.26. The molecule has 0 bridgehead atoms. The van der Waals surface area contributed by atoms with Crippen LogP contribution in [0.25, 0.3) is 5.57 Å². The molecule has 3 rings (SSSR count). The first-order valence-electron chi connectivity index (χ1n) is 15.7. The van der Waals surface area contributed by atoms with Crippen LogP contribution < -0.4 is 4.90 Å². The van der Waals surface area contributed by atoms with Crippen molar-refractivity contribution in [3.63, 3.8) is 0 Å². The van der Waals surface area contributed by atoms with Crippen LogP contribution in [0.3, 0.4) is 0 Å². The number of aryl methyl sites for hydroxylation is 1. The van der Waals surface area contributed by atoms with Gasteiger partial charge in [-0.05, 0) is 94.2 Å². The van der Waals surface area contributed by atoms with Gasteiger partial charge >= 0.3 is 0 Å². The Morgan fingerprint density at radius 1 is 1.05 bits per heavy atom. The summed E-state index contributed by atoms with van der Waals surface area (Å²) in [4.78, 5) is 4.96. The average molecular weight is 636 g/mol. The van der Waals surface area contributed by atoms with Crippen LogP contribution in [0.4, 0.5) is 5.69 Å². The minimum atomic E-state index is -3.96. The van der Waals surface area contributed by atoms with Crippen LogP contribution >= 0.6 is 0 Å². The molecular weight excluding hydrogens is 583 g/mol. The lowest BCUT2D eigenvalue weighted by molar-refractivity contribution is 0.209. The van der Waals surface area contributed by atoms with Crippen molar-refractivity contribution in [2.24, 2.45) is 5.92 Å². The summed E-state index contributed by atoms with van der Waals surface area (Å²) in [6.45, 7) is 15.1. The molecule has 0 amide bonds. The average Bonchev–Trinajstić information content (AvgIpc) is 2.93. The van der Waals surface area contributed by atoms with E-state index in [1.165, 1.54) is 28.0 Å². The molecule has 1 saturated heterocycles. The number of aliphatic hydroxyl groups is 1. The highest BCUT2D eigenvalue weighted by Crippen LogP contribution is 2.41. The van der Waals surface area contributed by atoms with Gasteiger partial charge in [-0.25, -0.2) is 16.8 Å². The Balaban J connectivity index is 2.09. The monoisotopic (exact) mass is 635 g/mol. The highest BCUT2D eigenvalue weighted by molar-refractivity contribution is 8.03. The second-order valence-corrected chi connectivity index (χ2v) is 16.3. The summed E-state index contributed by atoms with van der Waals surface area (Å²) in [7, 11) is -7.91. The van der Waals surface area contributed by atoms with Crippen molar-refractivity contribution in [1.29, 1.82) is 0 Å². The predicted molar refractivity (Wildman–Crippen MR) is 179 cm³/mol. The molecule has 1 fully saturated rings. The zero-order chi connectivity index (χ0) is 31.9. The molecule has 1 aromatic carbocycles. The number of piperazine rings is 1. The van der Waals surface area contributed by atoms with Crippen LogP contribution in [0, 0.1) is 12.8 Å². The number of hydrogen-bond donors (Lipinski definition) is 1. The number of nitrogens with zero attached hydrogens (tertiary/aromatic N) is 3. The van der Waals surface area contributed by atoms with Gasteiger partial charge in [0.25, 0.3) is 0 Å². The van der Waals surface area contributed by atoms with E-state index in [2.05, 4.69) is 68.7 Å². The lowest BCUT2D eigenvalue weighted by Gasteiger charge is -2.38. The Kier molecular flexibility index (Phi) is 12.7. The topological polar surface area (TPSA) is 98.2 Å². The Morgan fingerprint density at radius 2 is 1.70 bits per heavy atom. The minimum Gasteiger partial charge on any atom is -0.396 e. The minimum absolute atomic E-state index is 0.0185. The van der Waals surface area contributed by atoms with Gasteiger partial charge in [-0.3, -0.25) is 4.90 Å². The van der Waals surface area contributed by atoms with E-state index >= 15 is 0 Å². The molecule has 2 unspecified atom stereocenters. The highest BCUT2D eigenvalue weighted by atomic mass is 32.3. The van der Waals surface area contributed by atoms with E-state index in [0.29, 0.717) is 29.0 Å². The summed E-state index contributed by atoms with van der Waals surface area (Å²) in [6.07, 6.45) is 12.3. The van der Waals surface area contributed by atoms with Gasteiger partial charge in [0.1, 0.15) is 0 Å². The van der Waals surface area contributed by atoms with Crippen LogP contribution in [0.2, 0.25) is 0 Å². The molecule has 2 atom stereocenters. The smallest absolute Gasteiger partial charge is 0.224 e. The van der Waals surface area contributed by atoms with Gasteiger partial charge in [0.05, 0.1) is 18.6 Å². The molecule has 0 spiro atoms. The first-order valence-corrected chi connectivity index (χ1v) is 19.4. The number of benzene rings is 1. The van der Waals surface area contributed by atoms with Crippen LogP contribution in [-0.2, 0) is 20.0 Å². The molecule has 0 radical (unpaired) electrons. The molecule has 10 heteroatoms. The Hall–Kier alpha value is -1.98. The molecule has 0 saturated carbocycles. The van der Waals surface area contributed by atoms with Crippen molar-refractivity contribution in [3.05, 3.63) is 58.7 Å². The molecule has 43 heavy (non-hydrogen) atoms. The quantitative estimate of drug-likeness (QED) is 0.230. The second-order valence-electron chi connectivity index (χ2n) is 12.4. The van der Waals surface area contributed by atoms with Gasteiger partial charge in [-0.2, -0.15) is 0 Å². The Morgan fingerprint density at radius 3 is 2.19 bits per heavy atom. The predicted octanol–water partition coefficient (Wildman–Crippen LogP) is 5.35. The summed E-state index contributed by atoms with van der Waals surface area (Å²) >= 11 is 0. The van der Waals surface area contributed by atoms with E-state index in [1.807, 2.05) is 6.08 Å². The number of unbranched alkanes of at least 4 members (excludes halogenated alkanes) is 1. The largest absolute Gasteiger partial charge is 0.396 e. The summed E-state index contributed by atoms with van der Waals surface area (Å²) in [5.41, 5.74) is 7.14. The van der Waals surface area contributed by atoms with Crippen LogP contribution in [0.1, 0.15) is 77.3 Å². The van der Waals surface area contributed by atoms with Crippen molar-refractivity contribution >= 4 is 31.3 Å². The summed E-state index contributed by atoms with van der Waals surface area (Å²) < 4.78 is 50.5. The molecule has 1 aliphatic carbocycles. The fraction of sp³-hybridized carbons (Fsp3) is 0.636. The lowest BCUT2D eigenvalue weighted by Crippen LogP contribution is -2.48. The van der Waals surface area contributed by atoms with E-state index in [-0.39, 0.29) is 12.5 Å². The van der Waals surface area contributed by atoms with Crippen LogP contribution in [0.15, 0.2) is 47.6 Å². The summed E-state index contributed by atoms with van der Waals surface area (Å²) in [6, 6.07) is 6.52. The first-order chi connectivity index (χ1) is 20.2. The van der Waals surface area contributed by atoms with Crippen molar-refractivity contribution in [2.45, 2.75) is 85.2 Å². The van der Waals surface area contributed by atoms with Crippen LogP contribution in [0.5, 0.6) is 0 Å². The van der Waals surface area contributed by atoms with Gasteiger partial charge in [0.2, 0.25) is 20.0 Å². The highest BCUT2D eigenvalue weighted by Gasteiger charge is 2.36. The number of sulfonamides is 2. The second kappa shape index (κ2) is 15.3.